The molecule has 0 spiro atoms. The lowest BCUT2D eigenvalue weighted by molar-refractivity contribution is -0.385. The second-order valence-electron chi connectivity index (χ2n) is 3.89. The lowest BCUT2D eigenvalue weighted by atomic mass is 10.2. The summed E-state index contributed by atoms with van der Waals surface area (Å²) in [6, 6.07) is 3.13. The number of thioether (sulfide) groups is 1. The van der Waals surface area contributed by atoms with Crippen molar-refractivity contribution in [2.75, 3.05) is 17.6 Å². The number of nitrogens with zero attached hydrogens (tertiary/aromatic N) is 4. The molecular formula is C12H11N5O2S2. The predicted molar refractivity (Wildman–Crippen MR) is 81.6 cm³/mol. The summed E-state index contributed by atoms with van der Waals surface area (Å²) >= 11 is 3.27. The summed E-state index contributed by atoms with van der Waals surface area (Å²) < 4.78 is 1.03. The lowest BCUT2D eigenvalue weighted by Crippen LogP contribution is -2.06. The Balaban J connectivity index is 1.83. The van der Waals surface area contributed by atoms with Gasteiger partial charge in [0.25, 0.3) is 5.69 Å². The van der Waals surface area contributed by atoms with E-state index >= 15 is 0 Å². The SMILES string of the molecule is N#Cc1cc([N+](=O)[O-])cnc1NCCCSc1nccs1. The number of hydrogen-bond donors (Lipinski definition) is 1. The highest BCUT2D eigenvalue weighted by Crippen LogP contribution is 2.21. The van der Waals surface area contributed by atoms with Crippen LogP contribution in [-0.4, -0.2) is 27.2 Å². The molecule has 0 amide bonds. The van der Waals surface area contributed by atoms with Crippen LogP contribution in [0, 0.1) is 21.4 Å². The number of anilines is 1. The van der Waals surface area contributed by atoms with Gasteiger partial charge < -0.3 is 5.32 Å². The average Bonchev–Trinajstić information content (AvgIpc) is 3.00. The Kier molecular flexibility index (Phi) is 5.48. The maximum atomic E-state index is 10.6. The molecule has 2 aromatic rings. The van der Waals surface area contributed by atoms with Crippen LogP contribution in [0.15, 0.2) is 28.2 Å². The molecule has 0 aromatic carbocycles. The van der Waals surface area contributed by atoms with Crippen molar-refractivity contribution in [3.63, 3.8) is 0 Å². The van der Waals surface area contributed by atoms with Crippen LogP contribution in [-0.2, 0) is 0 Å². The summed E-state index contributed by atoms with van der Waals surface area (Å²) in [6.45, 7) is 0.637. The average molecular weight is 321 g/mol. The topological polar surface area (TPSA) is 105 Å². The summed E-state index contributed by atoms with van der Waals surface area (Å²) in [6.07, 6.45) is 3.78. The van der Waals surface area contributed by atoms with E-state index in [-0.39, 0.29) is 11.3 Å². The van der Waals surface area contributed by atoms with Crippen molar-refractivity contribution in [3.05, 3.63) is 39.5 Å². The molecular weight excluding hydrogens is 310 g/mol. The number of thiazole rings is 1. The minimum Gasteiger partial charge on any atom is -0.369 e. The van der Waals surface area contributed by atoms with Crippen LogP contribution in [0.5, 0.6) is 0 Å². The molecule has 1 N–H and O–H groups in total. The quantitative estimate of drug-likeness (QED) is 0.362. The Bertz CT molecular complexity index is 654. The van der Waals surface area contributed by atoms with Crippen molar-refractivity contribution in [2.45, 2.75) is 10.8 Å². The van der Waals surface area contributed by atoms with Crippen LogP contribution >= 0.6 is 23.1 Å². The van der Waals surface area contributed by atoms with Gasteiger partial charge in [-0.3, -0.25) is 10.1 Å². The smallest absolute Gasteiger partial charge is 0.289 e. The first-order valence-corrected chi connectivity index (χ1v) is 7.88. The van der Waals surface area contributed by atoms with Crippen LogP contribution in [0.4, 0.5) is 11.5 Å². The molecule has 2 heterocycles. The van der Waals surface area contributed by atoms with E-state index in [0.717, 1.165) is 22.7 Å². The van der Waals surface area contributed by atoms with Crippen LogP contribution in [0.2, 0.25) is 0 Å². The normalized spacial score (nSPS) is 10.0. The lowest BCUT2D eigenvalue weighted by Gasteiger charge is -2.06. The first-order chi connectivity index (χ1) is 10.2. The first kappa shape index (κ1) is 15.2. The molecule has 0 unspecified atom stereocenters. The van der Waals surface area contributed by atoms with Crippen LogP contribution in [0.25, 0.3) is 0 Å². The number of nitriles is 1. The van der Waals surface area contributed by atoms with Crippen LogP contribution in [0.1, 0.15) is 12.0 Å². The third-order valence-electron chi connectivity index (χ3n) is 2.45. The van der Waals surface area contributed by atoms with Gasteiger partial charge in [0.15, 0.2) is 0 Å². The van der Waals surface area contributed by atoms with Crippen LogP contribution < -0.4 is 5.32 Å². The number of hydrogen-bond acceptors (Lipinski definition) is 8. The van der Waals surface area contributed by atoms with Crippen molar-refractivity contribution >= 4 is 34.6 Å². The van der Waals surface area contributed by atoms with Gasteiger partial charge >= 0.3 is 0 Å². The molecule has 0 radical (unpaired) electrons. The van der Waals surface area contributed by atoms with Gasteiger partial charge in [0.2, 0.25) is 0 Å². The van der Waals surface area contributed by atoms with Crippen LogP contribution in [0.3, 0.4) is 0 Å². The van der Waals surface area contributed by atoms with E-state index in [0.29, 0.717) is 12.4 Å². The maximum Gasteiger partial charge on any atom is 0.289 e. The van der Waals surface area contributed by atoms with E-state index in [9.17, 15) is 10.1 Å². The highest BCUT2D eigenvalue weighted by atomic mass is 32.2. The first-order valence-electron chi connectivity index (χ1n) is 6.01. The minimum absolute atomic E-state index is 0.178. The molecule has 0 aliphatic carbocycles. The van der Waals surface area contributed by atoms with E-state index in [2.05, 4.69) is 15.3 Å². The Labute approximate surface area is 129 Å². The van der Waals surface area contributed by atoms with Crippen molar-refractivity contribution in [1.82, 2.24) is 9.97 Å². The summed E-state index contributed by atoms with van der Waals surface area (Å²) in [5, 5.41) is 24.6. The predicted octanol–water partition coefficient (Wildman–Crippen LogP) is 2.91. The van der Waals surface area contributed by atoms with E-state index in [1.54, 1.807) is 29.3 Å². The second-order valence-corrected chi connectivity index (χ2v) is 6.12. The molecule has 0 saturated heterocycles. The Morgan fingerprint density at radius 1 is 1.52 bits per heavy atom. The van der Waals surface area contributed by atoms with E-state index in [1.807, 2.05) is 11.4 Å². The van der Waals surface area contributed by atoms with Gasteiger partial charge in [0, 0.05) is 29.9 Å². The van der Waals surface area contributed by atoms with Gasteiger partial charge in [-0.05, 0) is 6.42 Å². The van der Waals surface area contributed by atoms with Crippen molar-refractivity contribution in [1.29, 1.82) is 5.26 Å². The molecule has 0 fully saturated rings. The zero-order valence-electron chi connectivity index (χ0n) is 10.9. The van der Waals surface area contributed by atoms with Gasteiger partial charge in [-0.15, -0.1) is 11.3 Å². The molecule has 21 heavy (non-hydrogen) atoms. The molecule has 0 aliphatic rings. The van der Waals surface area contributed by atoms with Crippen molar-refractivity contribution in [2.24, 2.45) is 0 Å². The summed E-state index contributed by atoms with van der Waals surface area (Å²) in [5.74, 6) is 1.28. The largest absolute Gasteiger partial charge is 0.369 e. The number of nitrogens with one attached hydrogen (secondary N) is 1. The fourth-order valence-corrected chi connectivity index (χ4v) is 3.15. The Morgan fingerprint density at radius 3 is 3.05 bits per heavy atom. The standard InChI is InChI=1S/C12H11N5O2S2/c13-7-9-6-10(17(18)19)8-16-11(9)14-2-1-4-20-12-15-3-5-21-12/h3,5-6,8H,1-2,4H2,(H,14,16). The molecule has 9 heteroatoms. The van der Waals surface area contributed by atoms with Gasteiger partial charge in [0.05, 0.1) is 4.92 Å². The molecule has 0 aliphatic heterocycles. The monoisotopic (exact) mass is 321 g/mol. The second kappa shape index (κ2) is 7.56. The van der Waals surface area contributed by atoms with Gasteiger partial charge in [-0.2, -0.15) is 5.26 Å². The molecule has 0 bridgehead atoms. The van der Waals surface area contributed by atoms with Crippen molar-refractivity contribution in [3.8, 4) is 6.07 Å². The third-order valence-corrected chi connectivity index (χ3v) is 4.51. The summed E-state index contributed by atoms with van der Waals surface area (Å²) in [5.41, 5.74) is -0.00629. The zero-order chi connectivity index (χ0) is 15.1. The minimum atomic E-state index is -0.567. The molecule has 0 atom stereocenters. The molecule has 2 aromatic heterocycles. The van der Waals surface area contributed by atoms with Gasteiger partial charge in [-0.1, -0.05) is 11.8 Å². The number of nitro groups is 1. The molecule has 7 nitrogen and oxygen atoms in total. The van der Waals surface area contributed by atoms with Crippen molar-refractivity contribution < 1.29 is 4.92 Å². The summed E-state index contributed by atoms with van der Waals surface area (Å²) in [7, 11) is 0. The molecule has 2 rings (SSSR count). The highest BCUT2D eigenvalue weighted by Gasteiger charge is 2.11. The number of pyridine rings is 1. The van der Waals surface area contributed by atoms with E-state index in [1.165, 1.54) is 6.07 Å². The summed E-state index contributed by atoms with van der Waals surface area (Å²) in [4.78, 5) is 18.1. The zero-order valence-corrected chi connectivity index (χ0v) is 12.5. The fraction of sp³-hybridized carbons (Fsp3) is 0.250. The molecule has 0 saturated carbocycles. The Morgan fingerprint density at radius 2 is 2.38 bits per heavy atom. The van der Waals surface area contributed by atoms with E-state index < -0.39 is 4.92 Å². The Hall–Kier alpha value is -2.18. The van der Waals surface area contributed by atoms with Gasteiger partial charge in [0.1, 0.15) is 28.0 Å². The maximum absolute atomic E-state index is 10.6. The fourth-order valence-electron chi connectivity index (χ4n) is 1.50. The number of aromatic nitrogens is 2. The third kappa shape index (κ3) is 4.40. The van der Waals surface area contributed by atoms with E-state index in [4.69, 9.17) is 5.26 Å². The van der Waals surface area contributed by atoms with Gasteiger partial charge in [-0.25, -0.2) is 9.97 Å². The number of rotatable bonds is 7. The highest BCUT2D eigenvalue weighted by molar-refractivity contribution is 8.00. The molecule has 108 valence electrons.